The minimum atomic E-state index is -0.318. The lowest BCUT2D eigenvalue weighted by Crippen LogP contribution is -2.24. The first-order valence-corrected chi connectivity index (χ1v) is 13.7. The van der Waals surface area contributed by atoms with E-state index in [2.05, 4.69) is 31.2 Å². The lowest BCUT2D eigenvalue weighted by Gasteiger charge is -2.16. The van der Waals surface area contributed by atoms with Crippen LogP contribution < -0.4 is 21.3 Å². The maximum atomic E-state index is 13.2. The summed E-state index contributed by atoms with van der Waals surface area (Å²) in [6.07, 6.45) is 1.67. The van der Waals surface area contributed by atoms with Crippen LogP contribution in [0.25, 0.3) is 11.1 Å². The van der Waals surface area contributed by atoms with Crippen molar-refractivity contribution in [3.05, 3.63) is 81.4 Å². The van der Waals surface area contributed by atoms with Gasteiger partial charge >= 0.3 is 0 Å². The second-order valence-electron chi connectivity index (χ2n) is 10.2. The van der Waals surface area contributed by atoms with E-state index in [4.69, 9.17) is 11.6 Å². The molecule has 4 N–H and O–H groups in total. The van der Waals surface area contributed by atoms with Gasteiger partial charge in [-0.3, -0.25) is 9.59 Å². The van der Waals surface area contributed by atoms with Gasteiger partial charge in [-0.25, -0.2) is 9.97 Å². The molecule has 6 rings (SSSR count). The lowest BCUT2D eigenvalue weighted by atomic mass is 9.98. The number of hydrogen-bond acceptors (Lipinski definition) is 6. The Hall–Kier alpha value is -3.99. The van der Waals surface area contributed by atoms with Gasteiger partial charge in [0, 0.05) is 75.8 Å². The number of carbonyl (C=O) groups is 2. The normalized spacial score (nSPS) is 14.4. The summed E-state index contributed by atoms with van der Waals surface area (Å²) in [6.45, 7) is 4.98. The van der Waals surface area contributed by atoms with Crippen LogP contribution in [0, 0.1) is 6.92 Å². The number of aromatic nitrogens is 4. The zero-order valence-electron chi connectivity index (χ0n) is 22.7. The molecular weight excluding hydrogens is 528 g/mol. The summed E-state index contributed by atoms with van der Waals surface area (Å²) in [6, 6.07) is 11.2. The fourth-order valence-corrected chi connectivity index (χ4v) is 5.85. The van der Waals surface area contributed by atoms with E-state index in [1.807, 2.05) is 60.5 Å². The molecule has 0 aliphatic carbocycles. The molecule has 4 aromatic rings. The number of benzene rings is 2. The molecule has 11 heteroatoms. The van der Waals surface area contributed by atoms with Crippen LogP contribution >= 0.6 is 11.6 Å². The number of fused-ring (bicyclic) bond motifs is 2. The van der Waals surface area contributed by atoms with Crippen LogP contribution in [-0.2, 0) is 40.0 Å². The van der Waals surface area contributed by atoms with E-state index in [0.717, 1.165) is 65.4 Å². The third kappa shape index (κ3) is 4.57. The predicted molar refractivity (Wildman–Crippen MR) is 155 cm³/mol. The molecule has 2 aromatic heterocycles. The molecule has 0 radical (unpaired) electrons. The zero-order valence-corrected chi connectivity index (χ0v) is 23.4. The Labute approximate surface area is 237 Å². The molecule has 10 nitrogen and oxygen atoms in total. The van der Waals surface area contributed by atoms with Crippen molar-refractivity contribution >= 4 is 34.8 Å². The van der Waals surface area contributed by atoms with Crippen LogP contribution in [0.2, 0.25) is 5.02 Å². The van der Waals surface area contributed by atoms with Gasteiger partial charge < -0.3 is 30.4 Å². The van der Waals surface area contributed by atoms with E-state index in [0.29, 0.717) is 41.1 Å². The number of rotatable bonds is 5. The van der Waals surface area contributed by atoms with Gasteiger partial charge in [0.2, 0.25) is 0 Å². The second kappa shape index (κ2) is 10.5. The van der Waals surface area contributed by atoms with Crippen LogP contribution in [0.3, 0.4) is 0 Å². The summed E-state index contributed by atoms with van der Waals surface area (Å²) in [5, 5.41) is 13.0. The highest BCUT2D eigenvalue weighted by Gasteiger charge is 2.24. The average molecular weight is 559 g/mol. The zero-order chi connectivity index (χ0) is 28.0. The van der Waals surface area contributed by atoms with Crippen molar-refractivity contribution in [3.63, 3.8) is 0 Å². The van der Waals surface area contributed by atoms with E-state index in [9.17, 15) is 9.59 Å². The maximum Gasteiger partial charge on any atom is 0.291 e. The monoisotopic (exact) mass is 558 g/mol. The number of nitrogens with one attached hydrogen (secondary N) is 4. The summed E-state index contributed by atoms with van der Waals surface area (Å²) in [7, 11) is 3.75. The molecular formula is C29H31ClN8O2. The van der Waals surface area contributed by atoms with Crippen LogP contribution in [0.15, 0.2) is 36.4 Å². The fraction of sp³-hybridized carbons (Fsp3) is 0.310. The minimum absolute atomic E-state index is 0.266. The molecule has 2 aliphatic rings. The van der Waals surface area contributed by atoms with Gasteiger partial charge in [-0.1, -0.05) is 35.9 Å². The van der Waals surface area contributed by atoms with Crippen molar-refractivity contribution in [1.29, 1.82) is 0 Å². The largest absolute Gasteiger partial charge is 0.327 e. The van der Waals surface area contributed by atoms with E-state index >= 15 is 0 Å². The number of nitrogens with zero attached hydrogens (tertiary/aromatic N) is 4. The van der Waals surface area contributed by atoms with Gasteiger partial charge in [0.1, 0.15) is 0 Å². The molecule has 0 atom stereocenters. The summed E-state index contributed by atoms with van der Waals surface area (Å²) in [5.74, 6) is 0.148. The molecule has 2 amide bonds. The summed E-state index contributed by atoms with van der Waals surface area (Å²) in [4.78, 5) is 35.6. The Morgan fingerprint density at radius 3 is 1.85 bits per heavy atom. The van der Waals surface area contributed by atoms with Crippen LogP contribution in [0.5, 0.6) is 0 Å². The van der Waals surface area contributed by atoms with E-state index < -0.39 is 0 Å². The van der Waals surface area contributed by atoms with Gasteiger partial charge in [-0.2, -0.15) is 0 Å². The third-order valence-electron chi connectivity index (χ3n) is 7.78. The Morgan fingerprint density at radius 1 is 0.800 bits per heavy atom. The first kappa shape index (κ1) is 26.2. The van der Waals surface area contributed by atoms with Gasteiger partial charge in [0.05, 0.1) is 22.1 Å². The van der Waals surface area contributed by atoms with Crippen molar-refractivity contribution in [2.24, 2.45) is 14.1 Å². The van der Waals surface area contributed by atoms with Crippen molar-refractivity contribution in [3.8, 4) is 11.1 Å². The number of imidazole rings is 2. The molecule has 4 heterocycles. The van der Waals surface area contributed by atoms with Crippen LogP contribution in [-0.4, -0.2) is 44.0 Å². The predicted octanol–water partition coefficient (Wildman–Crippen LogP) is 3.58. The molecule has 0 fully saturated rings. The second-order valence-corrected chi connectivity index (χ2v) is 10.6. The number of anilines is 2. The van der Waals surface area contributed by atoms with Crippen molar-refractivity contribution < 1.29 is 9.59 Å². The number of hydrogen-bond donors (Lipinski definition) is 4. The molecule has 2 aliphatic heterocycles. The quantitative estimate of drug-likeness (QED) is 0.297. The van der Waals surface area contributed by atoms with Gasteiger partial charge in [-0.15, -0.1) is 0 Å². The number of carbonyl (C=O) groups excluding carboxylic acids is 2. The van der Waals surface area contributed by atoms with Crippen molar-refractivity contribution in [1.82, 2.24) is 29.7 Å². The Balaban J connectivity index is 1.26. The Bertz CT molecular complexity index is 1530. The minimum Gasteiger partial charge on any atom is -0.327 e. The Morgan fingerprint density at radius 2 is 1.30 bits per heavy atom. The first-order chi connectivity index (χ1) is 19.3. The molecule has 0 saturated carbocycles. The summed E-state index contributed by atoms with van der Waals surface area (Å²) < 4.78 is 3.73. The summed E-state index contributed by atoms with van der Waals surface area (Å²) >= 11 is 6.86. The highest BCUT2D eigenvalue weighted by Crippen LogP contribution is 2.37. The highest BCUT2D eigenvalue weighted by atomic mass is 35.5. The van der Waals surface area contributed by atoms with Crippen molar-refractivity contribution in [2.75, 3.05) is 23.7 Å². The van der Waals surface area contributed by atoms with Gasteiger partial charge in [0.15, 0.2) is 11.6 Å². The van der Waals surface area contributed by atoms with Crippen LogP contribution in [0.4, 0.5) is 11.4 Å². The standard InChI is InChI=1S/C29H31ClN8O2/c1-16-17(6-4-8-19(16)35-28(39)26-33-21-14-31-12-10-23(21)37(26)2)18-7-5-9-20(25(18)30)36-29(40)27-34-22-15-32-13-11-24(22)38(27)3/h4-9,31-32H,10-15H2,1-3H3,(H,35,39)(H,36,40). The Kier molecular flexibility index (Phi) is 6.91. The SMILES string of the molecule is Cc1c(NC(=O)c2nc3c(n2C)CCNC3)cccc1-c1cccc(NC(=O)c2nc3c(n2C)CCNC3)c1Cl. The molecule has 0 saturated heterocycles. The van der Waals surface area contributed by atoms with Gasteiger partial charge in [0.25, 0.3) is 11.8 Å². The highest BCUT2D eigenvalue weighted by molar-refractivity contribution is 6.36. The molecule has 0 bridgehead atoms. The van der Waals surface area contributed by atoms with Crippen molar-refractivity contribution in [2.45, 2.75) is 32.9 Å². The first-order valence-electron chi connectivity index (χ1n) is 13.3. The van der Waals surface area contributed by atoms with E-state index in [-0.39, 0.29) is 11.8 Å². The maximum absolute atomic E-state index is 13.2. The fourth-order valence-electron chi connectivity index (χ4n) is 5.57. The van der Waals surface area contributed by atoms with E-state index in [1.165, 1.54) is 0 Å². The molecule has 2 aromatic carbocycles. The number of halogens is 1. The van der Waals surface area contributed by atoms with Crippen LogP contribution in [0.1, 0.15) is 49.6 Å². The topological polar surface area (TPSA) is 118 Å². The lowest BCUT2D eigenvalue weighted by molar-refractivity contribution is 0.100. The van der Waals surface area contributed by atoms with E-state index in [1.54, 1.807) is 6.07 Å². The third-order valence-corrected chi connectivity index (χ3v) is 8.19. The molecule has 0 unspecified atom stereocenters. The van der Waals surface area contributed by atoms with Gasteiger partial charge in [-0.05, 0) is 30.2 Å². The molecule has 0 spiro atoms. The summed E-state index contributed by atoms with van der Waals surface area (Å²) in [5.41, 5.74) is 7.57. The molecule has 206 valence electrons. The smallest absolute Gasteiger partial charge is 0.291 e. The average Bonchev–Trinajstić information content (AvgIpc) is 3.48. The molecule has 40 heavy (non-hydrogen) atoms. The number of amides is 2.